The van der Waals surface area contributed by atoms with E-state index in [0.29, 0.717) is 22.8 Å². The van der Waals surface area contributed by atoms with Gasteiger partial charge in [0.2, 0.25) is 5.91 Å². The lowest BCUT2D eigenvalue weighted by Gasteiger charge is -2.09. The standard InChI is InChI=1S/C19H15F3N4O/c1-12(27)25-15-6-8-16(9-7-15)26-18-10-17(23-11-24-18)13-2-4-14(5-3-13)19(20,21)22/h2-11H,1H3,(H,25,27)(H,23,24,26). The normalized spacial score (nSPS) is 11.1. The van der Waals surface area contributed by atoms with Crippen molar-refractivity contribution in [1.29, 1.82) is 0 Å². The average molecular weight is 372 g/mol. The zero-order chi connectivity index (χ0) is 19.4. The second-order valence-electron chi connectivity index (χ2n) is 5.75. The van der Waals surface area contributed by atoms with Crippen LogP contribution in [0.4, 0.5) is 30.4 Å². The van der Waals surface area contributed by atoms with Crippen LogP contribution in [0.1, 0.15) is 12.5 Å². The van der Waals surface area contributed by atoms with Gasteiger partial charge in [0.15, 0.2) is 0 Å². The molecular weight excluding hydrogens is 357 g/mol. The van der Waals surface area contributed by atoms with Crippen LogP contribution in [0.15, 0.2) is 60.9 Å². The molecule has 0 aliphatic heterocycles. The fourth-order valence-corrected chi connectivity index (χ4v) is 2.40. The van der Waals surface area contributed by atoms with Gasteiger partial charge in [-0.3, -0.25) is 4.79 Å². The Balaban J connectivity index is 1.76. The summed E-state index contributed by atoms with van der Waals surface area (Å²) in [7, 11) is 0. The lowest BCUT2D eigenvalue weighted by molar-refractivity contribution is -0.137. The molecule has 0 bridgehead atoms. The van der Waals surface area contributed by atoms with E-state index in [1.807, 2.05) is 0 Å². The largest absolute Gasteiger partial charge is 0.416 e. The van der Waals surface area contributed by atoms with Gasteiger partial charge >= 0.3 is 6.18 Å². The molecule has 8 heteroatoms. The first kappa shape index (κ1) is 18.4. The molecule has 2 aromatic carbocycles. The van der Waals surface area contributed by atoms with Crippen molar-refractivity contribution in [2.75, 3.05) is 10.6 Å². The second kappa shape index (κ2) is 7.45. The van der Waals surface area contributed by atoms with E-state index in [0.717, 1.165) is 17.8 Å². The second-order valence-corrected chi connectivity index (χ2v) is 5.75. The Bertz CT molecular complexity index is 938. The summed E-state index contributed by atoms with van der Waals surface area (Å²) >= 11 is 0. The summed E-state index contributed by atoms with van der Waals surface area (Å²) in [5.74, 6) is 0.333. The van der Waals surface area contributed by atoms with E-state index in [9.17, 15) is 18.0 Å². The van der Waals surface area contributed by atoms with Gasteiger partial charge in [0, 0.05) is 29.9 Å². The molecule has 0 saturated carbocycles. The van der Waals surface area contributed by atoms with Gasteiger partial charge in [-0.15, -0.1) is 0 Å². The molecule has 0 spiro atoms. The van der Waals surface area contributed by atoms with Gasteiger partial charge in [-0.25, -0.2) is 9.97 Å². The number of carbonyl (C=O) groups excluding carboxylic acids is 1. The summed E-state index contributed by atoms with van der Waals surface area (Å²) in [6.07, 6.45) is -3.04. The third-order valence-electron chi connectivity index (χ3n) is 3.65. The van der Waals surface area contributed by atoms with Crippen molar-refractivity contribution in [1.82, 2.24) is 9.97 Å². The van der Waals surface area contributed by atoms with Crippen LogP contribution < -0.4 is 10.6 Å². The monoisotopic (exact) mass is 372 g/mol. The van der Waals surface area contributed by atoms with Crippen LogP contribution in [0.25, 0.3) is 11.3 Å². The van der Waals surface area contributed by atoms with Crippen LogP contribution >= 0.6 is 0 Å². The third-order valence-corrected chi connectivity index (χ3v) is 3.65. The first-order valence-electron chi connectivity index (χ1n) is 7.95. The molecule has 2 N–H and O–H groups in total. The molecule has 138 valence electrons. The van der Waals surface area contributed by atoms with E-state index in [1.54, 1.807) is 30.3 Å². The van der Waals surface area contributed by atoms with E-state index in [4.69, 9.17) is 0 Å². The molecule has 0 radical (unpaired) electrons. The molecule has 3 aromatic rings. The number of nitrogens with one attached hydrogen (secondary N) is 2. The van der Waals surface area contributed by atoms with Gasteiger partial charge in [-0.05, 0) is 36.4 Å². The molecule has 5 nitrogen and oxygen atoms in total. The van der Waals surface area contributed by atoms with Crippen molar-refractivity contribution in [2.24, 2.45) is 0 Å². The third kappa shape index (κ3) is 4.81. The predicted octanol–water partition coefficient (Wildman–Crippen LogP) is 4.86. The molecule has 0 aliphatic carbocycles. The molecule has 27 heavy (non-hydrogen) atoms. The van der Waals surface area contributed by atoms with E-state index >= 15 is 0 Å². The summed E-state index contributed by atoms with van der Waals surface area (Å²) in [4.78, 5) is 19.3. The van der Waals surface area contributed by atoms with Crippen LogP contribution in [0.5, 0.6) is 0 Å². The van der Waals surface area contributed by atoms with Crippen molar-refractivity contribution >= 4 is 23.1 Å². The Labute approximate surface area is 153 Å². The predicted molar refractivity (Wildman–Crippen MR) is 96.5 cm³/mol. The lowest BCUT2D eigenvalue weighted by Crippen LogP contribution is -2.05. The van der Waals surface area contributed by atoms with Gasteiger partial charge in [0.05, 0.1) is 11.3 Å². The highest BCUT2D eigenvalue weighted by Gasteiger charge is 2.30. The zero-order valence-corrected chi connectivity index (χ0v) is 14.2. The molecule has 0 fully saturated rings. The van der Waals surface area contributed by atoms with Crippen LogP contribution in [0.3, 0.4) is 0 Å². The van der Waals surface area contributed by atoms with E-state index in [-0.39, 0.29) is 5.91 Å². The number of hydrogen-bond acceptors (Lipinski definition) is 4. The van der Waals surface area contributed by atoms with Crippen LogP contribution in [-0.2, 0) is 11.0 Å². The minimum Gasteiger partial charge on any atom is -0.340 e. The Kier molecular flexibility index (Phi) is 5.07. The first-order valence-corrected chi connectivity index (χ1v) is 7.95. The van der Waals surface area contributed by atoms with Gasteiger partial charge in [-0.2, -0.15) is 13.2 Å². The number of nitrogens with zero attached hydrogens (tertiary/aromatic N) is 2. The summed E-state index contributed by atoms with van der Waals surface area (Å²) in [5.41, 5.74) is 1.74. The molecule has 0 aliphatic rings. The Morgan fingerprint density at radius 3 is 2.15 bits per heavy atom. The minimum absolute atomic E-state index is 0.160. The van der Waals surface area contributed by atoms with Gasteiger partial charge in [0.1, 0.15) is 12.1 Å². The van der Waals surface area contributed by atoms with Crippen LogP contribution in [-0.4, -0.2) is 15.9 Å². The first-order chi connectivity index (χ1) is 12.8. The number of benzene rings is 2. The quantitative estimate of drug-likeness (QED) is 0.686. The number of carbonyl (C=O) groups is 1. The maximum Gasteiger partial charge on any atom is 0.416 e. The smallest absolute Gasteiger partial charge is 0.340 e. The van der Waals surface area contributed by atoms with E-state index in [2.05, 4.69) is 20.6 Å². The highest BCUT2D eigenvalue weighted by Crippen LogP contribution is 2.31. The summed E-state index contributed by atoms with van der Waals surface area (Å²) in [5, 5.41) is 5.76. The number of alkyl halides is 3. The maximum atomic E-state index is 12.7. The van der Waals surface area contributed by atoms with Crippen molar-refractivity contribution < 1.29 is 18.0 Å². The summed E-state index contributed by atoms with van der Waals surface area (Å²) in [6, 6.07) is 13.4. The topological polar surface area (TPSA) is 66.9 Å². The number of rotatable bonds is 4. The molecule has 0 atom stereocenters. The van der Waals surface area contributed by atoms with Crippen molar-refractivity contribution in [3.8, 4) is 11.3 Å². The SMILES string of the molecule is CC(=O)Nc1ccc(Nc2cc(-c3ccc(C(F)(F)F)cc3)ncn2)cc1. The highest BCUT2D eigenvalue weighted by atomic mass is 19.4. The molecular formula is C19H15F3N4O. The van der Waals surface area contributed by atoms with Crippen LogP contribution in [0.2, 0.25) is 0 Å². The Hall–Kier alpha value is -3.42. The molecule has 0 saturated heterocycles. The van der Waals surface area contributed by atoms with E-state index in [1.165, 1.54) is 25.4 Å². The van der Waals surface area contributed by atoms with Crippen molar-refractivity contribution in [3.05, 3.63) is 66.5 Å². The summed E-state index contributed by atoms with van der Waals surface area (Å²) < 4.78 is 38.0. The van der Waals surface area contributed by atoms with Gasteiger partial charge < -0.3 is 10.6 Å². The zero-order valence-electron chi connectivity index (χ0n) is 14.2. The fourth-order valence-electron chi connectivity index (χ4n) is 2.40. The number of aromatic nitrogens is 2. The Morgan fingerprint density at radius 2 is 1.56 bits per heavy atom. The van der Waals surface area contributed by atoms with Crippen molar-refractivity contribution in [2.45, 2.75) is 13.1 Å². The number of halogens is 3. The number of amides is 1. The molecule has 1 heterocycles. The molecule has 1 amide bonds. The molecule has 1 aromatic heterocycles. The Morgan fingerprint density at radius 1 is 0.926 bits per heavy atom. The molecule has 0 unspecified atom stereocenters. The number of hydrogen-bond donors (Lipinski definition) is 2. The van der Waals surface area contributed by atoms with Crippen molar-refractivity contribution in [3.63, 3.8) is 0 Å². The minimum atomic E-state index is -4.37. The van der Waals surface area contributed by atoms with Crippen LogP contribution in [0, 0.1) is 0 Å². The summed E-state index contributed by atoms with van der Waals surface area (Å²) in [6.45, 7) is 1.43. The van der Waals surface area contributed by atoms with Gasteiger partial charge in [0.25, 0.3) is 0 Å². The molecule has 3 rings (SSSR count). The number of anilines is 3. The van der Waals surface area contributed by atoms with Gasteiger partial charge in [-0.1, -0.05) is 12.1 Å². The van der Waals surface area contributed by atoms with E-state index < -0.39 is 11.7 Å². The fraction of sp³-hybridized carbons (Fsp3) is 0.105. The lowest BCUT2D eigenvalue weighted by atomic mass is 10.1. The highest BCUT2D eigenvalue weighted by molar-refractivity contribution is 5.88. The average Bonchev–Trinajstić information content (AvgIpc) is 2.63. The maximum absolute atomic E-state index is 12.7.